The van der Waals surface area contributed by atoms with Crippen LogP contribution in [0.5, 0.6) is 0 Å². The van der Waals surface area contributed by atoms with Gasteiger partial charge >= 0.3 is 0 Å². The molecule has 0 aromatic heterocycles. The number of rotatable bonds is 8. The molecule has 0 bridgehead atoms. The van der Waals surface area contributed by atoms with E-state index >= 15 is 0 Å². The Morgan fingerprint density at radius 3 is 2.47 bits per heavy atom. The summed E-state index contributed by atoms with van der Waals surface area (Å²) in [6, 6.07) is 7.94. The highest BCUT2D eigenvalue weighted by Crippen LogP contribution is 2.18. The fraction of sp³-hybridized carbons (Fsp3) is 0.562. The van der Waals surface area contributed by atoms with Gasteiger partial charge in [0.1, 0.15) is 0 Å². The molecule has 0 saturated heterocycles. The highest BCUT2D eigenvalue weighted by molar-refractivity contribution is 8.14. The Morgan fingerprint density at radius 2 is 1.84 bits per heavy atom. The molecule has 0 N–H and O–H groups in total. The van der Waals surface area contributed by atoms with Crippen molar-refractivity contribution in [3.63, 3.8) is 0 Å². The Hall–Kier alpha value is -0.800. The second kappa shape index (κ2) is 9.16. The van der Waals surface area contributed by atoms with Crippen molar-refractivity contribution in [1.29, 1.82) is 0 Å². The summed E-state index contributed by atoms with van der Waals surface area (Å²) < 4.78 is 0. The van der Waals surface area contributed by atoms with E-state index in [-0.39, 0.29) is 5.12 Å². The molecule has 0 atom stereocenters. The third-order valence-electron chi connectivity index (χ3n) is 3.36. The minimum atomic E-state index is 0.219. The van der Waals surface area contributed by atoms with Gasteiger partial charge in [-0.2, -0.15) is 0 Å². The summed E-state index contributed by atoms with van der Waals surface area (Å²) in [5, 5.41) is 0.219. The second-order valence-electron chi connectivity index (χ2n) is 4.53. The van der Waals surface area contributed by atoms with Crippen molar-refractivity contribution in [2.45, 2.75) is 33.6 Å². The first-order chi connectivity index (χ1) is 9.22. The number of thioether (sulfide) groups is 1. The highest BCUT2D eigenvalue weighted by atomic mass is 32.2. The van der Waals surface area contributed by atoms with Crippen molar-refractivity contribution in [3.8, 4) is 0 Å². The molecule has 0 unspecified atom stereocenters. The third-order valence-corrected chi connectivity index (χ3v) is 4.34. The van der Waals surface area contributed by atoms with Crippen LogP contribution >= 0.6 is 11.8 Å². The zero-order chi connectivity index (χ0) is 14.1. The lowest BCUT2D eigenvalue weighted by Crippen LogP contribution is -2.24. The van der Waals surface area contributed by atoms with Crippen LogP contribution in [-0.4, -0.2) is 35.4 Å². The Kier molecular flexibility index (Phi) is 7.84. The summed E-state index contributed by atoms with van der Waals surface area (Å²) in [5.41, 5.74) is 2.04. The number of benzene rings is 1. The monoisotopic (exact) mass is 279 g/mol. The minimum absolute atomic E-state index is 0.219. The van der Waals surface area contributed by atoms with Crippen molar-refractivity contribution in [2.24, 2.45) is 0 Å². The van der Waals surface area contributed by atoms with Gasteiger partial charge in [0, 0.05) is 11.3 Å². The fourth-order valence-electron chi connectivity index (χ4n) is 2.10. The molecule has 0 heterocycles. The van der Waals surface area contributed by atoms with Crippen molar-refractivity contribution in [3.05, 3.63) is 35.4 Å². The number of hydrogen-bond acceptors (Lipinski definition) is 3. The van der Waals surface area contributed by atoms with Crippen molar-refractivity contribution in [1.82, 2.24) is 4.90 Å². The Morgan fingerprint density at radius 1 is 1.16 bits per heavy atom. The first-order valence-electron chi connectivity index (χ1n) is 7.20. The Balaban J connectivity index is 2.39. The van der Waals surface area contributed by atoms with Gasteiger partial charge in [-0.15, -0.1) is 0 Å². The molecule has 0 aliphatic rings. The lowest BCUT2D eigenvalue weighted by Gasteiger charge is -2.17. The molecule has 0 fully saturated rings. The van der Waals surface area contributed by atoms with Gasteiger partial charge in [-0.3, -0.25) is 4.79 Å². The minimum Gasteiger partial charge on any atom is -0.304 e. The predicted octanol–water partition coefficient (Wildman–Crippen LogP) is 3.85. The molecule has 1 rings (SSSR count). The highest BCUT2D eigenvalue weighted by Gasteiger charge is 2.10. The van der Waals surface area contributed by atoms with Crippen LogP contribution in [0, 0.1) is 0 Å². The standard InChI is InChI=1S/C16H25NOS/c1-4-14-10-7-8-11-15(14)16(18)19-13-9-12-17(5-2)6-3/h7-8,10-11H,4-6,9,12-13H2,1-3H3. The van der Waals surface area contributed by atoms with Crippen LogP contribution in [0.15, 0.2) is 24.3 Å². The van der Waals surface area contributed by atoms with Gasteiger partial charge in [-0.25, -0.2) is 0 Å². The van der Waals surface area contributed by atoms with Gasteiger partial charge < -0.3 is 4.90 Å². The Labute approximate surface area is 121 Å². The van der Waals surface area contributed by atoms with E-state index in [0.717, 1.165) is 49.4 Å². The van der Waals surface area contributed by atoms with Gasteiger partial charge in [0.05, 0.1) is 0 Å². The summed E-state index contributed by atoms with van der Waals surface area (Å²) in [6.45, 7) is 9.72. The summed E-state index contributed by atoms with van der Waals surface area (Å²) in [5.74, 6) is 0.910. The van der Waals surface area contributed by atoms with Crippen molar-refractivity contribution < 1.29 is 4.79 Å². The molecular weight excluding hydrogens is 254 g/mol. The average Bonchev–Trinajstić information content (AvgIpc) is 2.47. The quantitative estimate of drug-likeness (QED) is 0.674. The molecule has 0 radical (unpaired) electrons. The van der Waals surface area contributed by atoms with Crippen LogP contribution in [-0.2, 0) is 6.42 Å². The third kappa shape index (κ3) is 5.37. The van der Waals surface area contributed by atoms with Gasteiger partial charge in [0.25, 0.3) is 0 Å². The Bertz CT molecular complexity index is 388. The van der Waals surface area contributed by atoms with Crippen LogP contribution in [0.25, 0.3) is 0 Å². The number of hydrogen-bond donors (Lipinski definition) is 0. The van der Waals surface area contributed by atoms with Crippen molar-refractivity contribution >= 4 is 16.9 Å². The second-order valence-corrected chi connectivity index (χ2v) is 5.59. The predicted molar refractivity (Wildman–Crippen MR) is 85.0 cm³/mol. The first-order valence-corrected chi connectivity index (χ1v) is 8.18. The molecule has 1 aromatic rings. The number of aryl methyl sites for hydroxylation is 1. The van der Waals surface area contributed by atoms with Crippen LogP contribution in [0.4, 0.5) is 0 Å². The van der Waals surface area contributed by atoms with Crippen LogP contribution in [0.3, 0.4) is 0 Å². The average molecular weight is 279 g/mol. The molecule has 0 aliphatic carbocycles. The molecule has 106 valence electrons. The van der Waals surface area contributed by atoms with Crippen LogP contribution in [0.1, 0.15) is 43.1 Å². The SMILES string of the molecule is CCc1ccccc1C(=O)SCCCN(CC)CC. The maximum Gasteiger partial charge on any atom is 0.219 e. The molecule has 1 aromatic carbocycles. The largest absolute Gasteiger partial charge is 0.304 e. The van der Waals surface area contributed by atoms with Gasteiger partial charge in [0.15, 0.2) is 0 Å². The molecule has 3 heteroatoms. The lowest BCUT2D eigenvalue weighted by atomic mass is 10.1. The zero-order valence-corrected chi connectivity index (χ0v) is 13.1. The van der Waals surface area contributed by atoms with E-state index < -0.39 is 0 Å². The lowest BCUT2D eigenvalue weighted by molar-refractivity contribution is 0.108. The smallest absolute Gasteiger partial charge is 0.219 e. The van der Waals surface area contributed by atoms with E-state index in [0.29, 0.717) is 0 Å². The van der Waals surface area contributed by atoms with E-state index in [4.69, 9.17) is 0 Å². The van der Waals surface area contributed by atoms with Gasteiger partial charge in [0.2, 0.25) is 5.12 Å². The maximum absolute atomic E-state index is 12.2. The molecule has 0 saturated carbocycles. The molecular formula is C16H25NOS. The molecule has 0 spiro atoms. The summed E-state index contributed by atoms with van der Waals surface area (Å²) in [7, 11) is 0. The van der Waals surface area contributed by atoms with E-state index in [9.17, 15) is 4.79 Å². The van der Waals surface area contributed by atoms with Crippen LogP contribution in [0.2, 0.25) is 0 Å². The molecule has 2 nitrogen and oxygen atoms in total. The molecule has 19 heavy (non-hydrogen) atoms. The normalized spacial score (nSPS) is 10.9. The number of carbonyl (C=O) groups excluding carboxylic acids is 1. The summed E-state index contributed by atoms with van der Waals surface area (Å²) >= 11 is 1.46. The fourth-order valence-corrected chi connectivity index (χ4v) is 2.91. The zero-order valence-electron chi connectivity index (χ0n) is 12.3. The first kappa shape index (κ1) is 16.3. The van der Waals surface area contributed by atoms with E-state index in [1.54, 1.807) is 0 Å². The summed E-state index contributed by atoms with van der Waals surface area (Å²) in [4.78, 5) is 14.6. The van der Waals surface area contributed by atoms with Gasteiger partial charge in [-0.1, -0.05) is 56.8 Å². The van der Waals surface area contributed by atoms with Gasteiger partial charge in [-0.05, 0) is 38.0 Å². The van der Waals surface area contributed by atoms with Crippen LogP contribution < -0.4 is 0 Å². The van der Waals surface area contributed by atoms with Crippen molar-refractivity contribution in [2.75, 3.05) is 25.4 Å². The number of carbonyl (C=O) groups is 1. The molecule has 0 amide bonds. The number of nitrogens with zero attached hydrogens (tertiary/aromatic N) is 1. The maximum atomic E-state index is 12.2. The van der Waals surface area contributed by atoms with E-state index in [2.05, 4.69) is 25.7 Å². The molecule has 0 aliphatic heterocycles. The van der Waals surface area contributed by atoms with E-state index in [1.807, 2.05) is 24.3 Å². The van der Waals surface area contributed by atoms with E-state index in [1.165, 1.54) is 11.8 Å². The topological polar surface area (TPSA) is 20.3 Å². The summed E-state index contributed by atoms with van der Waals surface area (Å²) in [6.07, 6.45) is 1.99.